The number of amides is 4. The molecule has 3 aromatic rings. The molecule has 1 aliphatic heterocycles. The molecule has 7 nitrogen and oxygen atoms in total. The Hall–Kier alpha value is -4.36. The Morgan fingerprint density at radius 1 is 1.00 bits per heavy atom. The van der Waals surface area contributed by atoms with E-state index in [0.29, 0.717) is 34.2 Å². The van der Waals surface area contributed by atoms with E-state index in [9.17, 15) is 14.4 Å². The number of halogens is 1. The van der Waals surface area contributed by atoms with Crippen LogP contribution in [0.4, 0.5) is 10.5 Å². The van der Waals surface area contributed by atoms with Crippen molar-refractivity contribution in [2.75, 3.05) is 12.0 Å². The maximum absolute atomic E-state index is 13.4. The minimum Gasteiger partial charge on any atom is -0.493 e. The van der Waals surface area contributed by atoms with Crippen molar-refractivity contribution in [1.82, 2.24) is 5.32 Å². The zero-order chi connectivity index (χ0) is 27.4. The summed E-state index contributed by atoms with van der Waals surface area (Å²) in [5.74, 6) is -0.580. The predicted octanol–water partition coefficient (Wildman–Crippen LogP) is 5.94. The number of urea groups is 1. The van der Waals surface area contributed by atoms with Gasteiger partial charge in [0, 0.05) is 16.1 Å². The average molecular weight is 531 g/mol. The third-order valence-corrected chi connectivity index (χ3v) is 6.60. The third-order valence-electron chi connectivity index (χ3n) is 6.23. The fourth-order valence-electron chi connectivity index (χ4n) is 4.08. The van der Waals surface area contributed by atoms with Gasteiger partial charge in [-0.2, -0.15) is 0 Å². The second-order valence-electron chi connectivity index (χ2n) is 8.81. The standard InChI is InChI=1S/C30H27ClN2O5/c1-5-8-21-14-20(16-26(37-4)27(21)38-17-22-9-6-7-10-25(22)31)15-24-28(34)32-30(36)33(29(24)35)23-12-11-18(2)19(3)13-23/h5-7,9-16H,1,8,17H2,2-4H3,(H,32,34,36)/b24-15+. The summed E-state index contributed by atoms with van der Waals surface area (Å²) < 4.78 is 11.7. The number of nitrogens with zero attached hydrogens (tertiary/aromatic N) is 1. The summed E-state index contributed by atoms with van der Waals surface area (Å²) in [5.41, 5.74) is 4.20. The molecule has 4 amide bonds. The van der Waals surface area contributed by atoms with Gasteiger partial charge in [0.25, 0.3) is 11.8 Å². The highest BCUT2D eigenvalue weighted by Crippen LogP contribution is 2.36. The van der Waals surface area contributed by atoms with Gasteiger partial charge in [-0.25, -0.2) is 9.69 Å². The molecule has 0 aliphatic carbocycles. The molecule has 0 unspecified atom stereocenters. The van der Waals surface area contributed by atoms with Crippen LogP contribution in [0.1, 0.15) is 27.8 Å². The summed E-state index contributed by atoms with van der Waals surface area (Å²) in [7, 11) is 1.50. The van der Waals surface area contributed by atoms with E-state index in [1.54, 1.807) is 36.4 Å². The molecule has 0 atom stereocenters. The Morgan fingerprint density at radius 2 is 1.76 bits per heavy atom. The number of imide groups is 2. The molecule has 1 fully saturated rings. The predicted molar refractivity (Wildman–Crippen MR) is 148 cm³/mol. The van der Waals surface area contributed by atoms with Crippen LogP contribution in [0.2, 0.25) is 5.02 Å². The molecule has 1 heterocycles. The van der Waals surface area contributed by atoms with Gasteiger partial charge in [0.05, 0.1) is 12.8 Å². The molecule has 0 radical (unpaired) electrons. The summed E-state index contributed by atoms with van der Waals surface area (Å²) in [4.78, 5) is 39.6. The van der Waals surface area contributed by atoms with Crippen molar-refractivity contribution in [2.24, 2.45) is 0 Å². The number of allylic oxidation sites excluding steroid dienone is 1. The summed E-state index contributed by atoms with van der Waals surface area (Å²) in [6.07, 6.45) is 3.59. The number of benzene rings is 3. The highest BCUT2D eigenvalue weighted by atomic mass is 35.5. The van der Waals surface area contributed by atoms with Gasteiger partial charge in [-0.15, -0.1) is 6.58 Å². The molecular formula is C30H27ClN2O5. The van der Waals surface area contributed by atoms with Gasteiger partial charge < -0.3 is 9.47 Å². The number of hydrogen-bond acceptors (Lipinski definition) is 5. The van der Waals surface area contributed by atoms with E-state index in [1.807, 2.05) is 38.1 Å². The first-order valence-corrected chi connectivity index (χ1v) is 12.3. The van der Waals surface area contributed by atoms with Gasteiger partial charge in [0.2, 0.25) is 0 Å². The van der Waals surface area contributed by atoms with Crippen molar-refractivity contribution < 1.29 is 23.9 Å². The van der Waals surface area contributed by atoms with Gasteiger partial charge in [0.1, 0.15) is 12.2 Å². The molecule has 4 rings (SSSR count). The van der Waals surface area contributed by atoms with Crippen LogP contribution in [0, 0.1) is 13.8 Å². The van der Waals surface area contributed by atoms with Crippen molar-refractivity contribution >= 4 is 41.2 Å². The highest BCUT2D eigenvalue weighted by molar-refractivity contribution is 6.39. The molecular weight excluding hydrogens is 504 g/mol. The molecule has 3 aromatic carbocycles. The van der Waals surface area contributed by atoms with Crippen molar-refractivity contribution in [3.05, 3.63) is 106 Å². The van der Waals surface area contributed by atoms with E-state index in [0.717, 1.165) is 27.2 Å². The fraction of sp³-hybridized carbons (Fsp3) is 0.167. The number of barbiturate groups is 1. The van der Waals surface area contributed by atoms with Crippen LogP contribution >= 0.6 is 11.6 Å². The molecule has 38 heavy (non-hydrogen) atoms. The van der Waals surface area contributed by atoms with E-state index in [4.69, 9.17) is 21.1 Å². The van der Waals surface area contributed by atoms with E-state index in [-0.39, 0.29) is 12.2 Å². The minimum atomic E-state index is -0.798. The van der Waals surface area contributed by atoms with Crippen LogP contribution in [0.25, 0.3) is 6.08 Å². The smallest absolute Gasteiger partial charge is 0.335 e. The van der Waals surface area contributed by atoms with Crippen molar-refractivity contribution in [3.63, 3.8) is 0 Å². The van der Waals surface area contributed by atoms with E-state index in [1.165, 1.54) is 13.2 Å². The quantitative estimate of drug-likeness (QED) is 0.221. The molecule has 1 saturated heterocycles. The Kier molecular flexibility index (Phi) is 7.98. The van der Waals surface area contributed by atoms with E-state index >= 15 is 0 Å². The number of hydrogen-bond donors (Lipinski definition) is 1. The largest absolute Gasteiger partial charge is 0.493 e. The molecule has 8 heteroatoms. The maximum atomic E-state index is 13.4. The Labute approximate surface area is 226 Å². The van der Waals surface area contributed by atoms with E-state index < -0.39 is 17.8 Å². The first kappa shape index (κ1) is 26.7. The second kappa shape index (κ2) is 11.4. The number of carbonyl (C=O) groups excluding carboxylic acids is 3. The molecule has 1 N–H and O–H groups in total. The second-order valence-corrected chi connectivity index (χ2v) is 9.22. The van der Waals surface area contributed by atoms with Crippen molar-refractivity contribution in [1.29, 1.82) is 0 Å². The summed E-state index contributed by atoms with van der Waals surface area (Å²) in [6, 6.07) is 15.3. The summed E-state index contributed by atoms with van der Waals surface area (Å²) >= 11 is 6.28. The number of aryl methyl sites for hydroxylation is 2. The number of ether oxygens (including phenoxy) is 2. The zero-order valence-corrected chi connectivity index (χ0v) is 22.1. The van der Waals surface area contributed by atoms with Crippen LogP contribution in [0.15, 0.2) is 72.8 Å². The molecule has 0 bridgehead atoms. The lowest BCUT2D eigenvalue weighted by Crippen LogP contribution is -2.54. The minimum absolute atomic E-state index is 0.181. The molecule has 1 aliphatic rings. The normalized spacial score (nSPS) is 14.5. The lowest BCUT2D eigenvalue weighted by molar-refractivity contribution is -0.122. The van der Waals surface area contributed by atoms with Crippen LogP contribution in [-0.2, 0) is 22.6 Å². The topological polar surface area (TPSA) is 84.9 Å². The first-order valence-electron chi connectivity index (χ1n) is 11.9. The van der Waals surface area contributed by atoms with Crippen molar-refractivity contribution in [3.8, 4) is 11.5 Å². The number of nitrogens with one attached hydrogen (secondary N) is 1. The molecule has 0 saturated carbocycles. The number of rotatable bonds is 8. The van der Waals surface area contributed by atoms with Crippen LogP contribution in [0.3, 0.4) is 0 Å². The van der Waals surface area contributed by atoms with Crippen LogP contribution in [-0.4, -0.2) is 25.0 Å². The van der Waals surface area contributed by atoms with Gasteiger partial charge in [-0.05, 0) is 73.4 Å². The van der Waals surface area contributed by atoms with Gasteiger partial charge in [-0.1, -0.05) is 41.9 Å². The van der Waals surface area contributed by atoms with Crippen LogP contribution in [0.5, 0.6) is 11.5 Å². The zero-order valence-electron chi connectivity index (χ0n) is 21.3. The Bertz CT molecular complexity index is 1480. The maximum Gasteiger partial charge on any atom is 0.335 e. The van der Waals surface area contributed by atoms with Gasteiger partial charge >= 0.3 is 6.03 Å². The lowest BCUT2D eigenvalue weighted by Gasteiger charge is -2.27. The Balaban J connectivity index is 1.71. The SMILES string of the molecule is C=CCc1cc(/C=C2\C(=O)NC(=O)N(c3ccc(C)c(C)c3)C2=O)cc(OC)c1OCc1ccccc1Cl. The summed E-state index contributed by atoms with van der Waals surface area (Å²) in [5, 5.41) is 2.85. The van der Waals surface area contributed by atoms with E-state index in [2.05, 4.69) is 11.9 Å². The average Bonchev–Trinajstić information content (AvgIpc) is 2.88. The fourth-order valence-corrected chi connectivity index (χ4v) is 4.27. The highest BCUT2D eigenvalue weighted by Gasteiger charge is 2.37. The first-order chi connectivity index (χ1) is 18.2. The van der Waals surface area contributed by atoms with Gasteiger partial charge in [0.15, 0.2) is 11.5 Å². The Morgan fingerprint density at radius 3 is 2.45 bits per heavy atom. The van der Waals surface area contributed by atoms with Crippen molar-refractivity contribution in [2.45, 2.75) is 26.9 Å². The third kappa shape index (κ3) is 5.48. The lowest BCUT2D eigenvalue weighted by atomic mass is 10.0. The molecule has 0 spiro atoms. The van der Waals surface area contributed by atoms with Crippen LogP contribution < -0.4 is 19.7 Å². The molecule has 194 valence electrons. The number of methoxy groups -OCH3 is 1. The molecule has 0 aromatic heterocycles. The number of anilines is 1. The summed E-state index contributed by atoms with van der Waals surface area (Å²) in [6.45, 7) is 7.86. The van der Waals surface area contributed by atoms with Gasteiger partial charge in [-0.3, -0.25) is 14.9 Å². The number of carbonyl (C=O) groups is 3. The monoisotopic (exact) mass is 530 g/mol.